The summed E-state index contributed by atoms with van der Waals surface area (Å²) in [6, 6.07) is 1.86. The summed E-state index contributed by atoms with van der Waals surface area (Å²) in [5, 5.41) is 0. The van der Waals surface area contributed by atoms with Crippen molar-refractivity contribution >= 4 is 11.9 Å². The van der Waals surface area contributed by atoms with Gasteiger partial charge < -0.3 is 15.4 Å². The van der Waals surface area contributed by atoms with Crippen LogP contribution in [-0.4, -0.2) is 46.2 Å². The van der Waals surface area contributed by atoms with Crippen molar-refractivity contribution in [1.29, 1.82) is 0 Å². The summed E-state index contributed by atoms with van der Waals surface area (Å²) in [6.45, 7) is 6.96. The first-order valence-electron chi connectivity index (χ1n) is 7.93. The number of nitrogens with zero attached hydrogens (tertiary/aromatic N) is 5. The highest BCUT2D eigenvalue weighted by atomic mass is 16.5. The molecule has 0 spiro atoms. The number of rotatable bonds is 2. The second-order valence-corrected chi connectivity index (χ2v) is 5.79. The van der Waals surface area contributed by atoms with Crippen molar-refractivity contribution in [2.45, 2.75) is 13.8 Å². The van der Waals surface area contributed by atoms with E-state index < -0.39 is 0 Å². The van der Waals surface area contributed by atoms with E-state index in [1.54, 1.807) is 12.4 Å². The normalized spacial score (nSPS) is 14.4. The molecule has 3 rings (SSSR count). The average molecular weight is 324 g/mol. The van der Waals surface area contributed by atoms with Crippen LogP contribution >= 0.6 is 0 Å². The zero-order valence-electron chi connectivity index (χ0n) is 13.9. The first-order valence-corrected chi connectivity index (χ1v) is 7.93. The minimum Gasteiger partial charge on any atom is -0.378 e. The Balaban J connectivity index is 2.02. The van der Waals surface area contributed by atoms with Gasteiger partial charge in [-0.05, 0) is 12.0 Å². The molecule has 0 aromatic carbocycles. The Bertz CT molecular complexity index is 757. The third kappa shape index (κ3) is 3.97. The molecule has 0 saturated carbocycles. The molecule has 1 aliphatic rings. The summed E-state index contributed by atoms with van der Waals surface area (Å²) < 4.78 is 5.40. The molecule has 7 nitrogen and oxygen atoms in total. The molecule has 24 heavy (non-hydrogen) atoms. The molecular formula is C17H20N6O. The van der Waals surface area contributed by atoms with Crippen molar-refractivity contribution < 1.29 is 4.74 Å². The minimum atomic E-state index is 0.237. The van der Waals surface area contributed by atoms with Gasteiger partial charge in [0.05, 0.1) is 18.9 Å². The lowest BCUT2D eigenvalue weighted by molar-refractivity contribution is 0.122. The van der Waals surface area contributed by atoms with Gasteiger partial charge >= 0.3 is 0 Å². The average Bonchev–Trinajstić information content (AvgIpc) is 2.61. The van der Waals surface area contributed by atoms with Crippen molar-refractivity contribution in [3.05, 3.63) is 24.2 Å². The molecule has 0 unspecified atom stereocenters. The number of anilines is 2. The number of hydrogen-bond acceptors (Lipinski definition) is 7. The van der Waals surface area contributed by atoms with Gasteiger partial charge in [0.15, 0.2) is 0 Å². The number of nitrogens with two attached hydrogens (primary N) is 1. The molecule has 2 N–H and O–H groups in total. The highest BCUT2D eigenvalue weighted by molar-refractivity contribution is 5.61. The highest BCUT2D eigenvalue weighted by Gasteiger charge is 2.16. The van der Waals surface area contributed by atoms with Gasteiger partial charge in [-0.3, -0.25) is 0 Å². The third-order valence-corrected chi connectivity index (χ3v) is 3.46. The molecule has 1 aliphatic heterocycles. The smallest absolute Gasteiger partial charge is 0.227 e. The molecule has 0 aliphatic carbocycles. The molecule has 3 heterocycles. The van der Waals surface area contributed by atoms with E-state index in [1.807, 2.05) is 19.9 Å². The Kier molecular flexibility index (Phi) is 4.87. The Hall–Kier alpha value is -2.72. The van der Waals surface area contributed by atoms with Crippen LogP contribution in [0.15, 0.2) is 18.5 Å². The van der Waals surface area contributed by atoms with E-state index in [4.69, 9.17) is 10.5 Å². The third-order valence-electron chi connectivity index (χ3n) is 3.46. The van der Waals surface area contributed by atoms with E-state index in [-0.39, 0.29) is 11.9 Å². The van der Waals surface area contributed by atoms with Crippen LogP contribution in [0, 0.1) is 17.8 Å². The first kappa shape index (κ1) is 16.1. The summed E-state index contributed by atoms with van der Waals surface area (Å²) >= 11 is 0. The summed E-state index contributed by atoms with van der Waals surface area (Å²) in [5.74, 6) is 7.43. The van der Waals surface area contributed by atoms with Gasteiger partial charge in [0.2, 0.25) is 11.9 Å². The van der Waals surface area contributed by atoms with E-state index >= 15 is 0 Å². The van der Waals surface area contributed by atoms with Gasteiger partial charge in [0.1, 0.15) is 5.69 Å². The summed E-state index contributed by atoms with van der Waals surface area (Å²) in [7, 11) is 0. The van der Waals surface area contributed by atoms with Crippen LogP contribution in [0.1, 0.15) is 19.5 Å². The second kappa shape index (κ2) is 7.23. The number of nitrogen functional groups attached to an aromatic ring is 1. The zero-order valence-corrected chi connectivity index (χ0v) is 13.9. The maximum Gasteiger partial charge on any atom is 0.227 e. The molecule has 7 heteroatoms. The van der Waals surface area contributed by atoms with Gasteiger partial charge in [-0.2, -0.15) is 0 Å². The molecule has 2 aromatic heterocycles. The van der Waals surface area contributed by atoms with E-state index in [2.05, 4.69) is 36.7 Å². The van der Waals surface area contributed by atoms with Crippen molar-refractivity contribution in [3.8, 4) is 23.1 Å². The van der Waals surface area contributed by atoms with E-state index in [9.17, 15) is 0 Å². The predicted octanol–water partition coefficient (Wildman–Crippen LogP) is 1.36. The van der Waals surface area contributed by atoms with Crippen molar-refractivity contribution in [2.75, 3.05) is 36.9 Å². The van der Waals surface area contributed by atoms with Gasteiger partial charge in [-0.15, -0.1) is 0 Å². The molecule has 1 saturated heterocycles. The molecule has 124 valence electrons. The van der Waals surface area contributed by atoms with E-state index in [0.29, 0.717) is 24.9 Å². The lowest BCUT2D eigenvalue weighted by Gasteiger charge is -2.27. The van der Waals surface area contributed by atoms with Crippen molar-refractivity contribution in [1.82, 2.24) is 19.9 Å². The number of ether oxygens (including phenoxy) is 1. The molecule has 1 fully saturated rings. The van der Waals surface area contributed by atoms with E-state index in [1.165, 1.54) is 0 Å². The SMILES string of the molecule is CC(C)C#Cc1cc(-c2cnc(N)nc2)nc(N2CCOCC2)n1. The number of hydrogen-bond donors (Lipinski definition) is 1. The maximum atomic E-state index is 5.56. The van der Waals surface area contributed by atoms with Gasteiger partial charge in [0.25, 0.3) is 0 Å². The second-order valence-electron chi connectivity index (χ2n) is 5.79. The molecule has 0 atom stereocenters. The minimum absolute atomic E-state index is 0.237. The Morgan fingerprint density at radius 3 is 2.54 bits per heavy atom. The fourth-order valence-corrected chi connectivity index (χ4v) is 2.24. The monoisotopic (exact) mass is 324 g/mol. The largest absolute Gasteiger partial charge is 0.378 e. The van der Waals surface area contributed by atoms with E-state index in [0.717, 1.165) is 24.3 Å². The number of morpholine rings is 1. The molecule has 2 aromatic rings. The standard InChI is InChI=1S/C17H20N6O/c1-12(2)3-4-14-9-15(13-10-19-16(18)20-11-13)22-17(21-14)23-5-7-24-8-6-23/h9-12H,5-8H2,1-2H3,(H2,18,19,20). The highest BCUT2D eigenvalue weighted by Crippen LogP contribution is 2.20. The summed E-state index contributed by atoms with van der Waals surface area (Å²) in [4.78, 5) is 19.4. The van der Waals surface area contributed by atoms with Crippen molar-refractivity contribution in [2.24, 2.45) is 5.92 Å². The van der Waals surface area contributed by atoms with Crippen LogP contribution in [0.5, 0.6) is 0 Å². The van der Waals surface area contributed by atoms with Gasteiger partial charge in [0, 0.05) is 37.0 Å². The zero-order chi connectivity index (χ0) is 16.9. The maximum absolute atomic E-state index is 5.56. The van der Waals surface area contributed by atoms with Crippen LogP contribution in [0.3, 0.4) is 0 Å². The fraction of sp³-hybridized carbons (Fsp3) is 0.412. The Morgan fingerprint density at radius 1 is 1.17 bits per heavy atom. The fourth-order valence-electron chi connectivity index (χ4n) is 2.24. The van der Waals surface area contributed by atoms with Crippen LogP contribution in [-0.2, 0) is 4.74 Å². The van der Waals surface area contributed by atoms with Crippen molar-refractivity contribution in [3.63, 3.8) is 0 Å². The Labute approximate surface area is 141 Å². The molecule has 0 amide bonds. The molecule has 0 bridgehead atoms. The molecule has 0 radical (unpaired) electrons. The first-order chi connectivity index (χ1) is 11.6. The topological polar surface area (TPSA) is 90.0 Å². The van der Waals surface area contributed by atoms with Crippen LogP contribution < -0.4 is 10.6 Å². The van der Waals surface area contributed by atoms with Gasteiger partial charge in [-0.1, -0.05) is 19.8 Å². The molecular weight excluding hydrogens is 304 g/mol. The lowest BCUT2D eigenvalue weighted by atomic mass is 10.2. The van der Waals surface area contributed by atoms with Crippen LogP contribution in [0.2, 0.25) is 0 Å². The number of aromatic nitrogens is 4. The summed E-state index contributed by atoms with van der Waals surface area (Å²) in [6.07, 6.45) is 3.32. The predicted molar refractivity (Wildman–Crippen MR) is 92.2 cm³/mol. The Morgan fingerprint density at radius 2 is 1.88 bits per heavy atom. The van der Waals surface area contributed by atoms with Crippen LogP contribution in [0.25, 0.3) is 11.3 Å². The lowest BCUT2D eigenvalue weighted by Crippen LogP contribution is -2.37. The van der Waals surface area contributed by atoms with Crippen LogP contribution in [0.4, 0.5) is 11.9 Å². The summed E-state index contributed by atoms with van der Waals surface area (Å²) in [5.41, 5.74) is 7.77. The quantitative estimate of drug-likeness (QED) is 0.834. The van der Waals surface area contributed by atoms with Gasteiger partial charge in [-0.25, -0.2) is 19.9 Å².